The van der Waals surface area contributed by atoms with E-state index in [1.54, 1.807) is 0 Å². The number of carbonyl (C=O) groups is 2. The zero-order valence-corrected chi connectivity index (χ0v) is 10.3. The van der Waals surface area contributed by atoms with Gasteiger partial charge in [-0.1, -0.05) is 6.92 Å². The van der Waals surface area contributed by atoms with Crippen molar-refractivity contribution in [3.05, 3.63) is 24.2 Å². The van der Waals surface area contributed by atoms with Crippen molar-refractivity contribution in [2.24, 2.45) is 5.92 Å². The summed E-state index contributed by atoms with van der Waals surface area (Å²) < 4.78 is 4.83. The highest BCUT2D eigenvalue weighted by molar-refractivity contribution is 5.97. The van der Waals surface area contributed by atoms with Gasteiger partial charge < -0.3 is 14.8 Å². The quantitative estimate of drug-likeness (QED) is 0.861. The van der Waals surface area contributed by atoms with Crippen LogP contribution in [0.2, 0.25) is 0 Å². The van der Waals surface area contributed by atoms with Crippen molar-refractivity contribution in [2.75, 3.05) is 0 Å². The SMILES string of the molecule is CC1CCC(NC(=O)c2ccoc2)(C(=O)O)CC1. The Bertz CT molecular complexity index is 430. The number of amides is 1. The van der Waals surface area contributed by atoms with Gasteiger partial charge in [-0.3, -0.25) is 4.79 Å². The van der Waals surface area contributed by atoms with E-state index in [0.29, 0.717) is 24.3 Å². The molecule has 2 N–H and O–H groups in total. The van der Waals surface area contributed by atoms with Gasteiger partial charge in [-0.15, -0.1) is 0 Å². The van der Waals surface area contributed by atoms with E-state index in [2.05, 4.69) is 12.2 Å². The summed E-state index contributed by atoms with van der Waals surface area (Å²) in [6.45, 7) is 2.10. The summed E-state index contributed by atoms with van der Waals surface area (Å²) >= 11 is 0. The highest BCUT2D eigenvalue weighted by atomic mass is 16.4. The van der Waals surface area contributed by atoms with Gasteiger partial charge in [0, 0.05) is 0 Å². The molecule has 98 valence electrons. The number of carboxylic acid groups (broad SMARTS) is 1. The molecule has 1 aliphatic rings. The predicted molar refractivity (Wildman–Crippen MR) is 64.2 cm³/mol. The molecule has 1 fully saturated rings. The van der Waals surface area contributed by atoms with Crippen LogP contribution in [0.25, 0.3) is 0 Å². The topological polar surface area (TPSA) is 79.5 Å². The molecule has 1 aliphatic carbocycles. The zero-order chi connectivity index (χ0) is 13.2. The summed E-state index contributed by atoms with van der Waals surface area (Å²) in [5.74, 6) is -0.824. The molecule has 0 unspecified atom stereocenters. The number of rotatable bonds is 3. The van der Waals surface area contributed by atoms with Crippen molar-refractivity contribution in [1.29, 1.82) is 0 Å². The van der Waals surface area contributed by atoms with Gasteiger partial charge >= 0.3 is 5.97 Å². The van der Waals surface area contributed by atoms with Gasteiger partial charge in [-0.05, 0) is 37.7 Å². The summed E-state index contributed by atoms with van der Waals surface area (Å²) in [7, 11) is 0. The molecule has 18 heavy (non-hydrogen) atoms. The molecule has 1 heterocycles. The lowest BCUT2D eigenvalue weighted by Gasteiger charge is -2.36. The van der Waals surface area contributed by atoms with Crippen molar-refractivity contribution < 1.29 is 19.1 Å². The lowest BCUT2D eigenvalue weighted by Crippen LogP contribution is -2.56. The minimum Gasteiger partial charge on any atom is -0.480 e. The van der Waals surface area contributed by atoms with Crippen molar-refractivity contribution in [2.45, 2.75) is 38.1 Å². The van der Waals surface area contributed by atoms with Crippen molar-refractivity contribution in [3.8, 4) is 0 Å². The number of hydrogen-bond acceptors (Lipinski definition) is 3. The highest BCUT2D eigenvalue weighted by Crippen LogP contribution is 2.32. The van der Waals surface area contributed by atoms with Gasteiger partial charge in [0.2, 0.25) is 0 Å². The fourth-order valence-electron chi connectivity index (χ4n) is 2.33. The van der Waals surface area contributed by atoms with E-state index < -0.39 is 11.5 Å². The molecule has 0 bridgehead atoms. The molecule has 0 spiro atoms. The third kappa shape index (κ3) is 2.39. The Balaban J connectivity index is 2.12. The maximum absolute atomic E-state index is 11.9. The molecular weight excluding hydrogens is 234 g/mol. The summed E-state index contributed by atoms with van der Waals surface area (Å²) in [4.78, 5) is 23.4. The van der Waals surface area contributed by atoms with Crippen LogP contribution < -0.4 is 5.32 Å². The van der Waals surface area contributed by atoms with Gasteiger partial charge in [0.15, 0.2) is 0 Å². The van der Waals surface area contributed by atoms with E-state index in [1.165, 1.54) is 18.6 Å². The Morgan fingerprint density at radius 3 is 2.61 bits per heavy atom. The van der Waals surface area contributed by atoms with E-state index in [0.717, 1.165) is 12.8 Å². The molecule has 0 saturated heterocycles. The number of aliphatic carboxylic acids is 1. The lowest BCUT2D eigenvalue weighted by atomic mass is 9.77. The Hall–Kier alpha value is -1.78. The molecule has 2 rings (SSSR count). The van der Waals surface area contributed by atoms with Gasteiger partial charge in [-0.2, -0.15) is 0 Å². The zero-order valence-electron chi connectivity index (χ0n) is 10.3. The molecule has 0 atom stereocenters. The Labute approximate surface area is 105 Å². The Kier molecular flexibility index (Phi) is 3.41. The second-order valence-electron chi connectivity index (χ2n) is 5.04. The van der Waals surface area contributed by atoms with Crippen molar-refractivity contribution >= 4 is 11.9 Å². The Morgan fingerprint density at radius 2 is 2.11 bits per heavy atom. The van der Waals surface area contributed by atoms with Crippen LogP contribution >= 0.6 is 0 Å². The minimum absolute atomic E-state index is 0.356. The van der Waals surface area contributed by atoms with Crippen LogP contribution in [0.3, 0.4) is 0 Å². The molecule has 0 aliphatic heterocycles. The molecule has 5 heteroatoms. The van der Waals surface area contributed by atoms with Crippen molar-refractivity contribution in [3.63, 3.8) is 0 Å². The molecule has 1 saturated carbocycles. The smallest absolute Gasteiger partial charge is 0.329 e. The first-order valence-electron chi connectivity index (χ1n) is 6.11. The monoisotopic (exact) mass is 251 g/mol. The van der Waals surface area contributed by atoms with Crippen LogP contribution in [0.5, 0.6) is 0 Å². The number of carbonyl (C=O) groups excluding carboxylic acids is 1. The molecule has 1 aromatic heterocycles. The van der Waals surface area contributed by atoms with Crippen LogP contribution in [-0.2, 0) is 4.79 Å². The largest absolute Gasteiger partial charge is 0.480 e. The molecule has 0 radical (unpaired) electrons. The van der Waals surface area contributed by atoms with Gasteiger partial charge in [-0.25, -0.2) is 4.79 Å². The van der Waals surface area contributed by atoms with Crippen molar-refractivity contribution in [1.82, 2.24) is 5.32 Å². The first kappa shape index (κ1) is 12.7. The van der Waals surface area contributed by atoms with Crippen LogP contribution in [0, 0.1) is 5.92 Å². The predicted octanol–water partition coefficient (Wildman–Crippen LogP) is 2.04. The van der Waals surface area contributed by atoms with Crippen LogP contribution in [-0.4, -0.2) is 22.5 Å². The maximum atomic E-state index is 11.9. The number of nitrogens with one attached hydrogen (secondary N) is 1. The van der Waals surface area contributed by atoms with E-state index in [9.17, 15) is 14.7 Å². The molecule has 1 aromatic rings. The summed E-state index contributed by atoms with van der Waals surface area (Å²) in [6.07, 6.45) is 5.30. The van der Waals surface area contributed by atoms with E-state index in [4.69, 9.17) is 4.42 Å². The molecule has 5 nitrogen and oxygen atoms in total. The van der Waals surface area contributed by atoms with Gasteiger partial charge in [0.1, 0.15) is 11.8 Å². The number of hydrogen-bond donors (Lipinski definition) is 2. The fraction of sp³-hybridized carbons (Fsp3) is 0.538. The summed E-state index contributed by atoms with van der Waals surface area (Å²) in [5.41, 5.74) is -0.768. The normalized spacial score (nSPS) is 27.7. The van der Waals surface area contributed by atoms with E-state index in [1.807, 2.05) is 0 Å². The third-order valence-corrected chi connectivity index (χ3v) is 3.67. The summed E-state index contributed by atoms with van der Waals surface area (Å²) in [5, 5.41) is 12.0. The second kappa shape index (κ2) is 4.84. The van der Waals surface area contributed by atoms with Crippen LogP contribution in [0.15, 0.2) is 23.0 Å². The van der Waals surface area contributed by atoms with Gasteiger partial charge in [0.05, 0.1) is 11.8 Å². The highest BCUT2D eigenvalue weighted by Gasteiger charge is 2.42. The standard InChI is InChI=1S/C13H17NO4/c1-9-2-5-13(6-3-9,12(16)17)14-11(15)10-4-7-18-8-10/h4,7-9H,2-3,5-6H2,1H3,(H,14,15)(H,16,17). The number of furan rings is 1. The molecule has 1 amide bonds. The molecular formula is C13H17NO4. The Morgan fingerprint density at radius 1 is 1.44 bits per heavy atom. The second-order valence-corrected chi connectivity index (χ2v) is 5.04. The van der Waals surface area contributed by atoms with Crippen LogP contribution in [0.4, 0.5) is 0 Å². The van der Waals surface area contributed by atoms with E-state index in [-0.39, 0.29) is 5.91 Å². The van der Waals surface area contributed by atoms with Crippen LogP contribution in [0.1, 0.15) is 43.0 Å². The summed E-state index contributed by atoms with van der Waals surface area (Å²) in [6, 6.07) is 1.52. The first-order valence-corrected chi connectivity index (χ1v) is 6.11. The minimum atomic E-state index is -1.12. The lowest BCUT2D eigenvalue weighted by molar-refractivity contribution is -0.146. The van der Waals surface area contributed by atoms with E-state index >= 15 is 0 Å². The third-order valence-electron chi connectivity index (χ3n) is 3.67. The average Bonchev–Trinajstić information content (AvgIpc) is 2.85. The molecule has 0 aromatic carbocycles. The number of carboxylic acids is 1. The maximum Gasteiger partial charge on any atom is 0.329 e. The average molecular weight is 251 g/mol. The van der Waals surface area contributed by atoms with Gasteiger partial charge in [0.25, 0.3) is 5.91 Å². The fourth-order valence-corrected chi connectivity index (χ4v) is 2.33. The first-order chi connectivity index (χ1) is 8.53.